The molecule has 0 bridgehead atoms. The molecule has 1 heterocycles. The molecular weight excluding hydrogens is 206 g/mol. The summed E-state index contributed by atoms with van der Waals surface area (Å²) >= 11 is 2.82. The van der Waals surface area contributed by atoms with Gasteiger partial charge in [-0.1, -0.05) is 18.7 Å². The molecule has 5 heteroatoms. The fourth-order valence-corrected chi connectivity index (χ4v) is 2.76. The number of aliphatic carboxylic acids is 1. The molecule has 0 aliphatic rings. The van der Waals surface area contributed by atoms with Crippen molar-refractivity contribution in [2.45, 2.75) is 29.9 Å². The molecule has 0 unspecified atom stereocenters. The molecule has 3 nitrogen and oxygen atoms in total. The highest BCUT2D eigenvalue weighted by atomic mass is 32.2. The zero-order chi connectivity index (χ0) is 9.84. The van der Waals surface area contributed by atoms with Crippen molar-refractivity contribution in [3.8, 4) is 0 Å². The number of nitrogens with zero attached hydrogens (tertiary/aromatic N) is 1. The summed E-state index contributed by atoms with van der Waals surface area (Å²) in [5, 5.41) is 10.4. The number of carboxylic acid groups (broad SMARTS) is 1. The summed E-state index contributed by atoms with van der Waals surface area (Å²) in [6.07, 6.45) is 0.624. The number of thiazole rings is 1. The zero-order valence-corrected chi connectivity index (χ0v) is 9.11. The van der Waals surface area contributed by atoms with Crippen LogP contribution in [-0.4, -0.2) is 21.3 Å². The SMILES string of the molecule is CC[C@@H](Sc1nc(C)cs1)C(=O)O. The van der Waals surface area contributed by atoms with Gasteiger partial charge in [0, 0.05) is 11.1 Å². The Labute approximate surface area is 85.2 Å². The average molecular weight is 217 g/mol. The van der Waals surface area contributed by atoms with Crippen molar-refractivity contribution in [1.29, 1.82) is 0 Å². The molecular formula is C8H11NO2S2. The lowest BCUT2D eigenvalue weighted by Gasteiger charge is -2.05. The van der Waals surface area contributed by atoms with Crippen molar-refractivity contribution in [1.82, 2.24) is 4.98 Å². The highest BCUT2D eigenvalue weighted by Gasteiger charge is 2.17. The second kappa shape index (κ2) is 4.62. The van der Waals surface area contributed by atoms with E-state index in [1.165, 1.54) is 23.1 Å². The van der Waals surface area contributed by atoms with Crippen molar-refractivity contribution in [3.63, 3.8) is 0 Å². The van der Waals surface area contributed by atoms with Crippen LogP contribution in [0.5, 0.6) is 0 Å². The topological polar surface area (TPSA) is 50.2 Å². The minimum Gasteiger partial charge on any atom is -0.480 e. The van der Waals surface area contributed by atoms with Crippen molar-refractivity contribution in [3.05, 3.63) is 11.1 Å². The van der Waals surface area contributed by atoms with Crippen LogP contribution in [0.4, 0.5) is 0 Å². The van der Waals surface area contributed by atoms with Gasteiger partial charge in [-0.15, -0.1) is 11.3 Å². The summed E-state index contributed by atoms with van der Waals surface area (Å²) in [5.41, 5.74) is 0.952. The fraction of sp³-hybridized carbons (Fsp3) is 0.500. The van der Waals surface area contributed by atoms with Crippen molar-refractivity contribution >= 4 is 29.1 Å². The summed E-state index contributed by atoms with van der Waals surface area (Å²) in [4.78, 5) is 14.9. The van der Waals surface area contributed by atoms with E-state index in [1.807, 2.05) is 19.2 Å². The summed E-state index contributed by atoms with van der Waals surface area (Å²) in [5.74, 6) is -0.764. The van der Waals surface area contributed by atoms with Gasteiger partial charge < -0.3 is 5.11 Å². The number of carbonyl (C=O) groups is 1. The maximum absolute atomic E-state index is 10.7. The summed E-state index contributed by atoms with van der Waals surface area (Å²) in [6.45, 7) is 3.77. The Morgan fingerprint density at radius 3 is 2.92 bits per heavy atom. The Hall–Kier alpha value is -0.550. The van der Waals surface area contributed by atoms with Crippen molar-refractivity contribution in [2.75, 3.05) is 0 Å². The molecule has 0 saturated carbocycles. The second-order valence-electron chi connectivity index (χ2n) is 2.61. The van der Waals surface area contributed by atoms with Crippen molar-refractivity contribution < 1.29 is 9.90 Å². The lowest BCUT2D eigenvalue weighted by atomic mass is 10.3. The average Bonchev–Trinajstić information content (AvgIpc) is 2.46. The minimum atomic E-state index is -0.764. The molecule has 0 spiro atoms. The van der Waals surface area contributed by atoms with Gasteiger partial charge in [0.2, 0.25) is 0 Å². The summed E-state index contributed by atoms with van der Waals surface area (Å²) in [7, 11) is 0. The fourth-order valence-electron chi connectivity index (χ4n) is 0.817. The van der Waals surface area contributed by atoms with E-state index in [1.54, 1.807) is 0 Å². The van der Waals surface area contributed by atoms with Gasteiger partial charge in [0.05, 0.1) is 0 Å². The molecule has 0 radical (unpaired) electrons. The molecule has 1 aromatic rings. The van der Waals surface area contributed by atoms with E-state index in [-0.39, 0.29) is 5.25 Å². The standard InChI is InChI=1S/C8H11NO2S2/c1-3-6(7(10)11)13-8-9-5(2)4-12-8/h4,6H,3H2,1-2H3,(H,10,11)/t6-/m1/s1. The predicted octanol–water partition coefficient (Wildman–Crippen LogP) is 2.41. The van der Waals surface area contributed by atoms with E-state index >= 15 is 0 Å². The van der Waals surface area contributed by atoms with Crippen LogP contribution >= 0.6 is 23.1 Å². The quantitative estimate of drug-likeness (QED) is 0.787. The van der Waals surface area contributed by atoms with Crippen LogP contribution in [0.2, 0.25) is 0 Å². The van der Waals surface area contributed by atoms with Gasteiger partial charge >= 0.3 is 5.97 Å². The van der Waals surface area contributed by atoms with Crippen LogP contribution in [0.25, 0.3) is 0 Å². The Morgan fingerprint density at radius 1 is 1.85 bits per heavy atom. The smallest absolute Gasteiger partial charge is 0.317 e. The predicted molar refractivity (Wildman–Crippen MR) is 54.4 cm³/mol. The third-order valence-electron chi connectivity index (χ3n) is 1.49. The van der Waals surface area contributed by atoms with E-state index in [2.05, 4.69) is 4.98 Å². The molecule has 0 aliphatic carbocycles. The Bertz CT molecular complexity index is 298. The highest BCUT2D eigenvalue weighted by molar-refractivity contribution is 8.02. The molecule has 0 aromatic carbocycles. The molecule has 1 atom stereocenters. The summed E-state index contributed by atoms with van der Waals surface area (Å²) < 4.78 is 0.840. The molecule has 1 rings (SSSR count). The summed E-state index contributed by atoms with van der Waals surface area (Å²) in [6, 6.07) is 0. The van der Waals surface area contributed by atoms with E-state index in [0.29, 0.717) is 6.42 Å². The number of aryl methyl sites for hydroxylation is 1. The Kier molecular flexibility index (Phi) is 3.74. The molecule has 0 amide bonds. The van der Waals surface area contributed by atoms with E-state index < -0.39 is 5.97 Å². The Balaban J connectivity index is 2.61. The van der Waals surface area contributed by atoms with Crippen LogP contribution in [0.3, 0.4) is 0 Å². The molecule has 0 aliphatic heterocycles. The maximum Gasteiger partial charge on any atom is 0.317 e. The van der Waals surface area contributed by atoms with Gasteiger partial charge in [0.25, 0.3) is 0 Å². The Morgan fingerprint density at radius 2 is 2.54 bits per heavy atom. The lowest BCUT2D eigenvalue weighted by molar-refractivity contribution is -0.136. The number of carboxylic acids is 1. The number of thioether (sulfide) groups is 1. The number of rotatable bonds is 4. The largest absolute Gasteiger partial charge is 0.480 e. The van der Waals surface area contributed by atoms with Crippen LogP contribution < -0.4 is 0 Å². The number of hydrogen-bond acceptors (Lipinski definition) is 4. The third kappa shape index (κ3) is 3.00. The molecule has 0 fully saturated rings. The van der Waals surface area contributed by atoms with E-state index in [0.717, 1.165) is 10.0 Å². The van der Waals surface area contributed by atoms with Crippen LogP contribution in [-0.2, 0) is 4.79 Å². The molecule has 0 saturated heterocycles. The molecule has 1 N–H and O–H groups in total. The zero-order valence-electron chi connectivity index (χ0n) is 7.48. The lowest BCUT2D eigenvalue weighted by Crippen LogP contribution is -2.14. The van der Waals surface area contributed by atoms with Crippen LogP contribution in [0.1, 0.15) is 19.0 Å². The van der Waals surface area contributed by atoms with Gasteiger partial charge in [-0.25, -0.2) is 4.98 Å². The van der Waals surface area contributed by atoms with Crippen molar-refractivity contribution in [2.24, 2.45) is 0 Å². The second-order valence-corrected chi connectivity index (χ2v) is 4.92. The van der Waals surface area contributed by atoms with Crippen LogP contribution in [0.15, 0.2) is 9.72 Å². The van der Waals surface area contributed by atoms with Gasteiger partial charge in [-0.2, -0.15) is 0 Å². The minimum absolute atomic E-state index is 0.370. The molecule has 13 heavy (non-hydrogen) atoms. The van der Waals surface area contributed by atoms with Crippen LogP contribution in [0, 0.1) is 6.92 Å². The van der Waals surface area contributed by atoms with Gasteiger partial charge in [0.15, 0.2) is 4.34 Å². The maximum atomic E-state index is 10.7. The first kappa shape index (κ1) is 10.5. The third-order valence-corrected chi connectivity index (χ3v) is 3.93. The first-order chi connectivity index (χ1) is 6.13. The van der Waals surface area contributed by atoms with Gasteiger partial charge in [-0.3, -0.25) is 4.79 Å². The first-order valence-corrected chi connectivity index (χ1v) is 5.71. The normalized spacial score (nSPS) is 12.8. The number of aromatic nitrogens is 1. The number of hydrogen-bond donors (Lipinski definition) is 1. The molecule has 72 valence electrons. The first-order valence-electron chi connectivity index (χ1n) is 3.95. The molecule has 1 aromatic heterocycles. The van der Waals surface area contributed by atoms with Gasteiger partial charge in [0.1, 0.15) is 5.25 Å². The van der Waals surface area contributed by atoms with E-state index in [9.17, 15) is 4.79 Å². The monoisotopic (exact) mass is 217 g/mol. The highest BCUT2D eigenvalue weighted by Crippen LogP contribution is 2.28. The van der Waals surface area contributed by atoms with E-state index in [4.69, 9.17) is 5.11 Å². The van der Waals surface area contributed by atoms with Gasteiger partial charge in [-0.05, 0) is 13.3 Å².